The van der Waals surface area contributed by atoms with E-state index in [1.165, 1.54) is 20.8 Å². The van der Waals surface area contributed by atoms with Gasteiger partial charge in [-0.25, -0.2) is 0 Å². The lowest BCUT2D eigenvalue weighted by molar-refractivity contribution is -0.312. The van der Waals surface area contributed by atoms with E-state index in [9.17, 15) is 39.9 Å². The lowest BCUT2D eigenvalue weighted by atomic mass is 9.74. The standard InChI is InChI=1S/C45H70N2O13/c1-22-18-24(3)56-42(35(22)49)60-39-26(5)36(59-33-20-43(8,9)38(51)28(7)57-33)27(6)41(53)58-32(16-17-46-40(52)30-21-47-31-15-13-12-14-29(30)31)45(11,55)37(50)25(4)34(48)23(2)19-44(39,10)54/h12-15,21-28,32-33,35-39,42,47,49-51,54-55H,16-20H2,1-11H3,(H,46,52)/t22?,23-,24?,25+,26+,27-,28?,32-,33?,35?,36+,37-,38?,39-,42?,44-,45-/m1/s1. The SMILES string of the molecule is CC1CC(C)C(O)C(O[C@@H]2[C@@H](C)[C@H](OC3CC(C)(C)C(O)C(C)O3)[C@@H](C)C(=O)O[C@H](CCNC(=O)c3c[nH]c4ccccc34)[C@@](C)(O)[C@H](O)[C@@H](C)C(=O)[C@H](C)C[C@@]2(C)O)O1. The van der Waals surface area contributed by atoms with Crippen LogP contribution in [0.5, 0.6) is 0 Å². The van der Waals surface area contributed by atoms with E-state index in [2.05, 4.69) is 10.3 Å². The molecule has 7 unspecified atom stereocenters. The van der Waals surface area contributed by atoms with Gasteiger partial charge < -0.3 is 59.5 Å². The molecule has 7 N–H and O–H groups in total. The van der Waals surface area contributed by atoms with Crippen LogP contribution in [-0.4, -0.2) is 127 Å². The number of ketones is 1. The summed E-state index contributed by atoms with van der Waals surface area (Å²) in [5, 5.41) is 62.0. The molecular formula is C45H70N2O13. The molecule has 3 saturated heterocycles. The normalized spacial score (nSPS) is 42.3. The number of carbonyl (C=O) groups excluding carboxylic acids is 3. The lowest BCUT2D eigenvalue weighted by Crippen LogP contribution is -2.59. The number of benzene rings is 1. The number of carbonyl (C=O) groups is 3. The highest BCUT2D eigenvalue weighted by Gasteiger charge is 2.53. The molecule has 1 aromatic heterocycles. The van der Waals surface area contributed by atoms with Crippen LogP contribution in [0.1, 0.15) is 112 Å². The first-order valence-corrected chi connectivity index (χ1v) is 21.6. The summed E-state index contributed by atoms with van der Waals surface area (Å²) in [5.41, 5.74) is -3.48. The third-order valence-corrected chi connectivity index (χ3v) is 13.5. The maximum absolute atomic E-state index is 14.6. The summed E-state index contributed by atoms with van der Waals surface area (Å²) in [4.78, 5) is 45.1. The minimum absolute atomic E-state index is 0.0762. The number of aliphatic hydroxyl groups is 5. The second-order valence-corrected chi connectivity index (χ2v) is 19.3. The number of esters is 1. The minimum Gasteiger partial charge on any atom is -0.459 e. The van der Waals surface area contributed by atoms with Gasteiger partial charge in [0, 0.05) is 54.2 Å². The third kappa shape index (κ3) is 10.3. The molecule has 60 heavy (non-hydrogen) atoms. The number of H-pyrrole nitrogens is 1. The number of hydrogen-bond acceptors (Lipinski definition) is 13. The highest BCUT2D eigenvalue weighted by atomic mass is 16.7. The number of para-hydroxylation sites is 1. The number of ether oxygens (including phenoxy) is 5. The number of aliphatic hydroxyl groups excluding tert-OH is 3. The predicted octanol–water partition coefficient (Wildman–Crippen LogP) is 4.00. The molecule has 5 rings (SSSR count). The van der Waals surface area contributed by atoms with Gasteiger partial charge in [0.1, 0.15) is 23.6 Å². The van der Waals surface area contributed by atoms with Crippen molar-refractivity contribution < 1.29 is 63.6 Å². The Balaban J connectivity index is 1.53. The number of fused-ring (bicyclic) bond motifs is 1. The quantitative estimate of drug-likeness (QED) is 0.187. The van der Waals surface area contributed by atoms with Crippen molar-refractivity contribution in [3.8, 4) is 0 Å². The fourth-order valence-corrected chi connectivity index (χ4v) is 9.72. The number of amides is 1. The van der Waals surface area contributed by atoms with Crippen molar-refractivity contribution in [1.82, 2.24) is 10.3 Å². The van der Waals surface area contributed by atoms with E-state index < -0.39 is 113 Å². The Hall–Kier alpha value is -2.99. The number of aromatic nitrogens is 1. The van der Waals surface area contributed by atoms with Gasteiger partial charge in [-0.15, -0.1) is 0 Å². The van der Waals surface area contributed by atoms with E-state index >= 15 is 0 Å². The summed E-state index contributed by atoms with van der Waals surface area (Å²) in [5.74, 6) is -5.99. The maximum atomic E-state index is 14.6. The van der Waals surface area contributed by atoms with Gasteiger partial charge in [-0.05, 0) is 64.9 Å². The first-order valence-electron chi connectivity index (χ1n) is 21.6. The molecule has 0 spiro atoms. The zero-order valence-electron chi connectivity index (χ0n) is 37.1. The van der Waals surface area contributed by atoms with Crippen molar-refractivity contribution in [1.29, 1.82) is 0 Å². The minimum atomic E-state index is -2.19. The van der Waals surface area contributed by atoms with E-state index in [0.29, 0.717) is 17.4 Å². The first-order chi connectivity index (χ1) is 27.9. The molecule has 0 radical (unpaired) electrons. The number of Topliss-reactive ketones (excluding diaryl/α,β-unsaturated/α-hetero) is 1. The molecule has 3 aliphatic rings. The van der Waals surface area contributed by atoms with Crippen LogP contribution < -0.4 is 5.32 Å². The van der Waals surface area contributed by atoms with Gasteiger partial charge in [0.2, 0.25) is 0 Å². The molecule has 0 saturated carbocycles. The third-order valence-electron chi connectivity index (χ3n) is 13.5. The molecular weight excluding hydrogens is 776 g/mol. The van der Waals surface area contributed by atoms with Crippen molar-refractivity contribution >= 4 is 28.6 Å². The second-order valence-electron chi connectivity index (χ2n) is 19.3. The van der Waals surface area contributed by atoms with Crippen LogP contribution in [0.25, 0.3) is 10.9 Å². The Morgan fingerprint density at radius 3 is 2.23 bits per heavy atom. The van der Waals surface area contributed by atoms with Crippen LogP contribution in [0, 0.1) is 35.0 Å². The highest BCUT2D eigenvalue weighted by molar-refractivity contribution is 6.06. The van der Waals surface area contributed by atoms with Crippen molar-refractivity contribution in [2.24, 2.45) is 35.0 Å². The van der Waals surface area contributed by atoms with Crippen LogP contribution >= 0.6 is 0 Å². The molecule has 1 amide bonds. The van der Waals surface area contributed by atoms with Crippen molar-refractivity contribution in [3.63, 3.8) is 0 Å². The van der Waals surface area contributed by atoms with Crippen molar-refractivity contribution in [3.05, 3.63) is 36.0 Å². The summed E-state index contributed by atoms with van der Waals surface area (Å²) in [7, 11) is 0. The number of rotatable bonds is 8. The monoisotopic (exact) mass is 846 g/mol. The Bertz CT molecular complexity index is 1790. The van der Waals surface area contributed by atoms with Gasteiger partial charge >= 0.3 is 5.97 Å². The van der Waals surface area contributed by atoms with E-state index in [4.69, 9.17) is 23.7 Å². The van der Waals surface area contributed by atoms with Gasteiger partial charge in [0.15, 0.2) is 12.6 Å². The summed E-state index contributed by atoms with van der Waals surface area (Å²) >= 11 is 0. The molecule has 17 atom stereocenters. The van der Waals surface area contributed by atoms with E-state index in [1.807, 2.05) is 52.0 Å². The molecule has 0 aliphatic carbocycles. The molecule has 2 aromatic rings. The van der Waals surface area contributed by atoms with Crippen LogP contribution in [0.3, 0.4) is 0 Å². The number of hydrogen-bond donors (Lipinski definition) is 7. The summed E-state index contributed by atoms with van der Waals surface area (Å²) < 4.78 is 31.7. The Morgan fingerprint density at radius 2 is 1.57 bits per heavy atom. The molecule has 0 bridgehead atoms. The van der Waals surface area contributed by atoms with Gasteiger partial charge in [-0.3, -0.25) is 14.4 Å². The molecule has 338 valence electrons. The number of nitrogens with one attached hydrogen (secondary N) is 2. The lowest BCUT2D eigenvalue weighted by Gasteiger charge is -2.48. The number of cyclic esters (lactones) is 1. The van der Waals surface area contributed by atoms with Gasteiger partial charge in [0.05, 0.1) is 53.7 Å². The van der Waals surface area contributed by atoms with Crippen molar-refractivity contribution in [2.45, 2.75) is 174 Å². The average Bonchev–Trinajstić information content (AvgIpc) is 3.61. The maximum Gasteiger partial charge on any atom is 0.311 e. The summed E-state index contributed by atoms with van der Waals surface area (Å²) in [6, 6.07) is 7.32. The van der Waals surface area contributed by atoms with Crippen molar-refractivity contribution in [2.75, 3.05) is 6.54 Å². The second kappa shape index (κ2) is 18.8. The fourth-order valence-electron chi connectivity index (χ4n) is 9.72. The van der Waals surface area contributed by atoms with Crippen LogP contribution in [-0.2, 0) is 33.3 Å². The Labute approximate surface area is 353 Å². The zero-order chi connectivity index (χ0) is 44.6. The summed E-state index contributed by atoms with van der Waals surface area (Å²) in [6.07, 6.45) is -8.28. The molecule has 3 aliphatic heterocycles. The molecule has 15 nitrogen and oxygen atoms in total. The van der Waals surface area contributed by atoms with Gasteiger partial charge in [-0.1, -0.05) is 59.7 Å². The fraction of sp³-hybridized carbons (Fsp3) is 0.756. The molecule has 15 heteroatoms. The van der Waals surface area contributed by atoms with E-state index in [-0.39, 0.29) is 37.8 Å². The van der Waals surface area contributed by atoms with Crippen LogP contribution in [0.4, 0.5) is 0 Å². The zero-order valence-corrected chi connectivity index (χ0v) is 37.1. The van der Waals surface area contributed by atoms with Crippen LogP contribution in [0.15, 0.2) is 30.5 Å². The van der Waals surface area contributed by atoms with Gasteiger partial charge in [-0.2, -0.15) is 0 Å². The average molecular weight is 847 g/mol. The number of aromatic amines is 1. The Morgan fingerprint density at radius 1 is 0.900 bits per heavy atom. The highest BCUT2D eigenvalue weighted by Crippen LogP contribution is 2.42. The van der Waals surface area contributed by atoms with Gasteiger partial charge in [0.25, 0.3) is 5.91 Å². The van der Waals surface area contributed by atoms with E-state index in [1.54, 1.807) is 33.9 Å². The molecule has 3 fully saturated rings. The van der Waals surface area contributed by atoms with E-state index in [0.717, 1.165) is 5.52 Å². The summed E-state index contributed by atoms with van der Waals surface area (Å²) in [6.45, 7) is 18.4. The molecule has 4 heterocycles. The Kier molecular flexibility index (Phi) is 15.0. The first kappa shape index (κ1) is 48.0. The van der Waals surface area contributed by atoms with Crippen LogP contribution in [0.2, 0.25) is 0 Å². The largest absolute Gasteiger partial charge is 0.459 e. The smallest absolute Gasteiger partial charge is 0.311 e. The topological polar surface area (TPSA) is 226 Å². The predicted molar refractivity (Wildman–Crippen MR) is 221 cm³/mol. The molecule has 1 aromatic carbocycles.